The Hall–Kier alpha value is -2.43. The van der Waals surface area contributed by atoms with Gasteiger partial charge < -0.3 is 35.8 Å². The molecule has 2 fully saturated rings. The Kier molecular flexibility index (Phi) is 4.44. The normalized spacial score (nSPS) is 33.1. The molecule has 0 aromatic carbocycles. The maximum Gasteiger partial charge on any atom is 0.404 e. The van der Waals surface area contributed by atoms with E-state index in [1.54, 1.807) is 14.0 Å². The van der Waals surface area contributed by atoms with Crippen molar-refractivity contribution in [3.63, 3.8) is 0 Å². The fourth-order valence-electron chi connectivity index (χ4n) is 4.82. The van der Waals surface area contributed by atoms with E-state index in [1.165, 1.54) is 0 Å². The Morgan fingerprint density at radius 1 is 1.43 bits per heavy atom. The van der Waals surface area contributed by atoms with Crippen LogP contribution in [0.15, 0.2) is 22.5 Å². The molecule has 4 unspecified atom stereocenters. The van der Waals surface area contributed by atoms with Crippen molar-refractivity contribution < 1.29 is 29.0 Å². The van der Waals surface area contributed by atoms with Gasteiger partial charge in [0.1, 0.15) is 0 Å². The van der Waals surface area contributed by atoms with Gasteiger partial charge in [0.15, 0.2) is 5.72 Å². The number of ketones is 2. The van der Waals surface area contributed by atoms with E-state index in [1.807, 2.05) is 4.90 Å². The van der Waals surface area contributed by atoms with Gasteiger partial charge in [-0.1, -0.05) is 0 Å². The maximum absolute atomic E-state index is 13.3. The molecule has 10 nitrogen and oxygen atoms in total. The second kappa shape index (κ2) is 6.57. The molecule has 0 saturated carbocycles. The van der Waals surface area contributed by atoms with Crippen molar-refractivity contribution in [2.24, 2.45) is 11.7 Å². The first-order chi connectivity index (χ1) is 13.4. The zero-order valence-corrected chi connectivity index (χ0v) is 15.8. The number of piperazine rings is 1. The van der Waals surface area contributed by atoms with E-state index in [9.17, 15) is 19.5 Å². The third-order valence-corrected chi connectivity index (χ3v) is 6.09. The summed E-state index contributed by atoms with van der Waals surface area (Å²) in [6.45, 7) is 2.32. The van der Waals surface area contributed by atoms with E-state index in [0.29, 0.717) is 36.4 Å². The van der Waals surface area contributed by atoms with Crippen LogP contribution in [-0.4, -0.2) is 78.9 Å². The molecule has 0 aromatic rings. The van der Waals surface area contributed by atoms with Crippen LogP contribution >= 0.6 is 0 Å². The van der Waals surface area contributed by atoms with Gasteiger partial charge in [0.25, 0.3) is 0 Å². The van der Waals surface area contributed by atoms with E-state index in [-0.39, 0.29) is 42.6 Å². The quantitative estimate of drug-likeness (QED) is 0.227. The highest BCUT2D eigenvalue weighted by atomic mass is 16.5. The third-order valence-electron chi connectivity index (χ3n) is 6.09. The molecule has 4 rings (SSSR count). The summed E-state index contributed by atoms with van der Waals surface area (Å²) in [5.41, 5.74) is 5.20. The number of allylic oxidation sites excluding steroid dienone is 2. The van der Waals surface area contributed by atoms with Crippen molar-refractivity contribution in [3.05, 3.63) is 22.5 Å². The number of nitrogens with one attached hydrogen (secondary N) is 2. The molecule has 5 N–H and O–H groups in total. The van der Waals surface area contributed by atoms with Crippen LogP contribution in [0, 0.1) is 5.92 Å². The smallest absolute Gasteiger partial charge is 0.404 e. The molecule has 1 aliphatic carbocycles. The molecular formula is C18H24N4O6. The summed E-state index contributed by atoms with van der Waals surface area (Å²) >= 11 is 0. The predicted octanol–water partition coefficient (Wildman–Crippen LogP) is -1.64. The van der Waals surface area contributed by atoms with Gasteiger partial charge in [0.05, 0.1) is 36.6 Å². The number of carbonyl (C=O) groups excluding carboxylic acids is 3. The second-order valence-electron chi connectivity index (χ2n) is 7.42. The van der Waals surface area contributed by atoms with E-state index in [0.717, 1.165) is 0 Å². The minimum Gasteiger partial charge on any atom is -0.450 e. The van der Waals surface area contributed by atoms with Gasteiger partial charge in [0, 0.05) is 37.4 Å². The Bertz CT molecular complexity index is 821. The highest BCUT2D eigenvalue weighted by molar-refractivity contribution is 6.25. The lowest BCUT2D eigenvalue weighted by atomic mass is 9.82. The lowest BCUT2D eigenvalue weighted by molar-refractivity contribution is -0.137. The fourth-order valence-corrected chi connectivity index (χ4v) is 4.82. The number of aliphatic hydroxyl groups excluding tert-OH is 1. The minimum atomic E-state index is -0.916. The summed E-state index contributed by atoms with van der Waals surface area (Å²) in [4.78, 5) is 38.9. The summed E-state index contributed by atoms with van der Waals surface area (Å²) in [5.74, 6) is -1.15. The number of fused-ring (bicyclic) bond motifs is 4. The number of nitrogens with zero attached hydrogens (tertiary/aromatic N) is 1. The number of carbonyl (C=O) groups is 3. The molecule has 0 spiro atoms. The first kappa shape index (κ1) is 18.9. The number of rotatable bonds is 7. The van der Waals surface area contributed by atoms with E-state index in [4.69, 9.17) is 10.5 Å². The Morgan fingerprint density at radius 3 is 2.82 bits per heavy atom. The first-order valence-electron chi connectivity index (χ1n) is 9.28. The Balaban J connectivity index is 1.58. The van der Waals surface area contributed by atoms with Gasteiger partial charge in [0.2, 0.25) is 11.6 Å². The van der Waals surface area contributed by atoms with Crippen LogP contribution in [0.2, 0.25) is 0 Å². The van der Waals surface area contributed by atoms with E-state index < -0.39 is 17.7 Å². The number of amides is 1. The van der Waals surface area contributed by atoms with Gasteiger partial charge in [-0.05, 0) is 13.3 Å². The highest BCUT2D eigenvalue weighted by Crippen LogP contribution is 2.55. The molecule has 28 heavy (non-hydrogen) atoms. The summed E-state index contributed by atoms with van der Waals surface area (Å²) in [7, 11) is 1.55. The maximum atomic E-state index is 13.3. The topological polar surface area (TPSA) is 153 Å². The number of primary amides is 1. The van der Waals surface area contributed by atoms with Crippen LogP contribution in [0.5, 0.6) is 0 Å². The zero-order chi connectivity index (χ0) is 20.2. The number of Topliss-reactive ketones (excluding diaryl/α,β-unsaturated/α-hetero) is 2. The molecule has 0 aromatic heterocycles. The van der Waals surface area contributed by atoms with Crippen LogP contribution < -0.4 is 16.4 Å². The summed E-state index contributed by atoms with van der Waals surface area (Å²) < 4.78 is 10.5. The Labute approximate surface area is 161 Å². The summed E-state index contributed by atoms with van der Waals surface area (Å²) in [6, 6.07) is 0.170. The number of hydrogen-bond acceptors (Lipinski definition) is 9. The van der Waals surface area contributed by atoms with Crippen molar-refractivity contribution in [2.45, 2.75) is 31.2 Å². The zero-order valence-electron chi connectivity index (χ0n) is 15.8. The van der Waals surface area contributed by atoms with Crippen molar-refractivity contribution >= 4 is 17.7 Å². The average molecular weight is 392 g/mol. The number of nitrogens with two attached hydrogens (primary N) is 1. The Morgan fingerprint density at radius 2 is 2.18 bits per heavy atom. The molecule has 2 saturated heterocycles. The van der Waals surface area contributed by atoms with Crippen LogP contribution in [0.25, 0.3) is 0 Å². The average Bonchev–Trinajstić information content (AvgIpc) is 3.27. The van der Waals surface area contributed by atoms with Gasteiger partial charge >= 0.3 is 6.09 Å². The van der Waals surface area contributed by atoms with Crippen LogP contribution in [-0.2, 0) is 19.1 Å². The van der Waals surface area contributed by atoms with Crippen molar-refractivity contribution in [3.8, 4) is 0 Å². The summed E-state index contributed by atoms with van der Waals surface area (Å²) in [5, 5.41) is 16.4. The standard InChI is InChI=1S/C18H24N4O6/c1-8-12(20-4-3-5-28-17(19)26)15(25)11-9(7-23)18(27-2)16-10(21-16)6-22(18)13(11)14(8)24/h9-10,16,20-21,23H,3-7H2,1-2H3,(H2,19,26). The molecule has 3 aliphatic heterocycles. The SMILES string of the molecule is COC12C(CO)C3=C(C(=O)C(C)=C(NCCCOC(N)=O)C3=O)N1CC1NC12. The van der Waals surface area contributed by atoms with Gasteiger partial charge in [-0.25, -0.2) is 4.79 Å². The molecule has 4 atom stereocenters. The minimum absolute atomic E-state index is 0.0245. The fraction of sp³-hybridized carbons (Fsp3) is 0.611. The molecule has 0 bridgehead atoms. The van der Waals surface area contributed by atoms with Crippen molar-refractivity contribution in [1.29, 1.82) is 0 Å². The van der Waals surface area contributed by atoms with Crippen molar-refractivity contribution in [1.82, 2.24) is 15.5 Å². The number of hydrogen-bond donors (Lipinski definition) is 4. The number of aliphatic hydroxyl groups is 1. The molecule has 3 heterocycles. The molecule has 0 radical (unpaired) electrons. The second-order valence-corrected chi connectivity index (χ2v) is 7.42. The molecule has 1 amide bonds. The number of methoxy groups -OCH3 is 1. The van der Waals surface area contributed by atoms with Gasteiger partial charge in [-0.15, -0.1) is 0 Å². The van der Waals surface area contributed by atoms with Crippen molar-refractivity contribution in [2.75, 3.05) is 33.4 Å². The highest BCUT2D eigenvalue weighted by Gasteiger charge is 2.72. The lowest BCUT2D eigenvalue weighted by Gasteiger charge is -2.39. The molecular weight excluding hydrogens is 368 g/mol. The third kappa shape index (κ3) is 2.41. The predicted molar refractivity (Wildman–Crippen MR) is 95.6 cm³/mol. The first-order valence-corrected chi connectivity index (χ1v) is 9.28. The largest absolute Gasteiger partial charge is 0.450 e. The van der Waals surface area contributed by atoms with Crippen LogP contribution in [0.1, 0.15) is 13.3 Å². The lowest BCUT2D eigenvalue weighted by Crippen LogP contribution is -2.54. The summed E-state index contributed by atoms with van der Waals surface area (Å²) in [6.07, 6.45) is -0.429. The van der Waals surface area contributed by atoms with Crippen LogP contribution in [0.4, 0.5) is 4.79 Å². The monoisotopic (exact) mass is 392 g/mol. The van der Waals surface area contributed by atoms with E-state index >= 15 is 0 Å². The van der Waals surface area contributed by atoms with E-state index in [2.05, 4.69) is 15.4 Å². The molecule has 4 aliphatic rings. The van der Waals surface area contributed by atoms with Crippen LogP contribution in [0.3, 0.4) is 0 Å². The van der Waals surface area contributed by atoms with Gasteiger partial charge in [-0.3, -0.25) is 9.59 Å². The van der Waals surface area contributed by atoms with Gasteiger partial charge in [-0.2, -0.15) is 0 Å². The molecule has 10 heteroatoms. The molecule has 152 valence electrons. The number of ether oxygens (including phenoxy) is 2.